The molecular weight excluding hydrogens is 297 g/mol. The number of carbonyl (C=O) groups is 1. The number of rotatable bonds is 4. The Morgan fingerprint density at radius 3 is 2.47 bits per heavy atom. The molecule has 1 aromatic rings. The van der Waals surface area contributed by atoms with Crippen LogP contribution < -0.4 is 9.47 Å². The predicted molar refractivity (Wildman–Crippen MR) is 54.3 cm³/mol. The highest BCUT2D eigenvalue weighted by Crippen LogP contribution is 2.34. The molecule has 0 saturated heterocycles. The van der Waals surface area contributed by atoms with Gasteiger partial charge in [0, 0.05) is 0 Å². The van der Waals surface area contributed by atoms with Crippen LogP contribution in [0.4, 0.5) is 18.9 Å². The first-order valence-electron chi connectivity index (χ1n) is 4.34. The standard InChI is InChI=1S/C8H4ClF3N2O5/c1-18-7-3(14(16)17)2-4(19-8(10,11)12)5(13-7)6(9)15/h2H,1H3. The van der Waals surface area contributed by atoms with Crippen LogP contribution in [-0.4, -0.2) is 28.6 Å². The van der Waals surface area contributed by atoms with Crippen LogP contribution in [0, 0.1) is 10.1 Å². The largest absolute Gasteiger partial charge is 0.573 e. The van der Waals surface area contributed by atoms with Gasteiger partial charge in [0.25, 0.3) is 11.1 Å². The summed E-state index contributed by atoms with van der Waals surface area (Å²) < 4.78 is 44.2. The predicted octanol–water partition coefficient (Wildman–Crippen LogP) is 2.28. The van der Waals surface area contributed by atoms with Crippen molar-refractivity contribution in [1.29, 1.82) is 0 Å². The second kappa shape index (κ2) is 5.26. The first-order chi connectivity index (χ1) is 8.65. The minimum Gasteiger partial charge on any atom is -0.476 e. The van der Waals surface area contributed by atoms with E-state index in [1.54, 1.807) is 0 Å². The first-order valence-corrected chi connectivity index (χ1v) is 4.72. The third-order valence-corrected chi connectivity index (χ3v) is 1.91. The lowest BCUT2D eigenvalue weighted by Gasteiger charge is -2.11. The van der Waals surface area contributed by atoms with Crippen LogP contribution in [-0.2, 0) is 0 Å². The first kappa shape index (κ1) is 15.0. The number of alkyl halides is 3. The van der Waals surface area contributed by atoms with Gasteiger partial charge in [-0.25, -0.2) is 0 Å². The maximum atomic E-state index is 12.1. The fraction of sp³-hybridized carbons (Fsp3) is 0.250. The van der Waals surface area contributed by atoms with Gasteiger partial charge in [0.2, 0.25) is 0 Å². The van der Waals surface area contributed by atoms with E-state index in [0.29, 0.717) is 6.07 Å². The number of carbonyl (C=O) groups excluding carboxylic acids is 1. The fourth-order valence-corrected chi connectivity index (χ4v) is 1.23. The highest BCUT2D eigenvalue weighted by Gasteiger charge is 2.35. The molecule has 0 aromatic carbocycles. The Hall–Kier alpha value is -2.10. The summed E-state index contributed by atoms with van der Waals surface area (Å²) in [5, 5.41) is 9.23. The van der Waals surface area contributed by atoms with E-state index in [-0.39, 0.29) is 0 Å². The Morgan fingerprint density at radius 1 is 1.53 bits per heavy atom. The monoisotopic (exact) mass is 300 g/mol. The molecule has 0 fully saturated rings. The molecule has 0 radical (unpaired) electrons. The summed E-state index contributed by atoms with van der Waals surface area (Å²) in [5.41, 5.74) is -1.84. The number of pyridine rings is 1. The Kier molecular flexibility index (Phi) is 4.14. The van der Waals surface area contributed by atoms with Gasteiger partial charge >= 0.3 is 12.0 Å². The Balaban J connectivity index is 3.45. The van der Waals surface area contributed by atoms with E-state index in [4.69, 9.17) is 11.6 Å². The van der Waals surface area contributed by atoms with Crippen molar-refractivity contribution >= 4 is 22.5 Å². The summed E-state index contributed by atoms with van der Waals surface area (Å²) in [5.74, 6) is -1.84. The number of aromatic nitrogens is 1. The summed E-state index contributed by atoms with van der Waals surface area (Å²) in [4.78, 5) is 23.7. The number of nitrogens with zero attached hydrogens (tertiary/aromatic N) is 2. The zero-order valence-electron chi connectivity index (χ0n) is 9.02. The minimum absolute atomic E-state index is 0.356. The molecule has 104 valence electrons. The number of ether oxygens (including phenoxy) is 2. The zero-order valence-corrected chi connectivity index (χ0v) is 9.78. The van der Waals surface area contributed by atoms with Crippen LogP contribution in [0.25, 0.3) is 0 Å². The molecule has 0 atom stereocenters. The van der Waals surface area contributed by atoms with Crippen LogP contribution in [0.1, 0.15) is 10.5 Å². The Bertz CT molecular complexity index is 534. The molecule has 1 rings (SSSR count). The van der Waals surface area contributed by atoms with Crippen LogP contribution in [0.2, 0.25) is 0 Å². The SMILES string of the molecule is COc1nc(C(=O)Cl)c(OC(F)(F)F)cc1[N+](=O)[O-]. The molecule has 0 aliphatic carbocycles. The number of methoxy groups -OCH3 is 1. The van der Waals surface area contributed by atoms with Gasteiger partial charge in [-0.15, -0.1) is 13.2 Å². The van der Waals surface area contributed by atoms with E-state index in [1.807, 2.05) is 0 Å². The Morgan fingerprint density at radius 2 is 2.11 bits per heavy atom. The van der Waals surface area contributed by atoms with E-state index in [0.717, 1.165) is 7.11 Å². The van der Waals surface area contributed by atoms with Gasteiger partial charge in [-0.1, -0.05) is 0 Å². The summed E-state index contributed by atoms with van der Waals surface area (Å²) in [6, 6.07) is 0.356. The van der Waals surface area contributed by atoms with Crippen molar-refractivity contribution in [1.82, 2.24) is 4.98 Å². The third kappa shape index (κ3) is 3.68. The number of halogens is 4. The van der Waals surface area contributed by atoms with E-state index in [9.17, 15) is 28.1 Å². The number of nitro groups is 1. The van der Waals surface area contributed by atoms with Crippen molar-refractivity contribution in [2.24, 2.45) is 0 Å². The highest BCUT2D eigenvalue weighted by molar-refractivity contribution is 6.67. The smallest absolute Gasteiger partial charge is 0.476 e. The quantitative estimate of drug-likeness (QED) is 0.481. The van der Waals surface area contributed by atoms with Crippen molar-refractivity contribution in [3.8, 4) is 11.6 Å². The molecule has 11 heteroatoms. The molecule has 0 unspecified atom stereocenters. The lowest BCUT2D eigenvalue weighted by Crippen LogP contribution is -2.19. The molecule has 0 spiro atoms. The van der Waals surface area contributed by atoms with Crippen molar-refractivity contribution in [2.75, 3.05) is 7.11 Å². The molecule has 0 N–H and O–H groups in total. The van der Waals surface area contributed by atoms with E-state index >= 15 is 0 Å². The highest BCUT2D eigenvalue weighted by atomic mass is 35.5. The molecule has 0 aliphatic rings. The molecule has 0 bridgehead atoms. The van der Waals surface area contributed by atoms with Gasteiger partial charge in [0.15, 0.2) is 11.4 Å². The lowest BCUT2D eigenvalue weighted by atomic mass is 10.3. The van der Waals surface area contributed by atoms with Gasteiger partial charge in [-0.3, -0.25) is 14.9 Å². The van der Waals surface area contributed by atoms with Crippen LogP contribution in [0.15, 0.2) is 6.07 Å². The van der Waals surface area contributed by atoms with Gasteiger partial charge in [-0.05, 0) is 11.6 Å². The fourth-order valence-electron chi connectivity index (χ4n) is 1.09. The molecule has 1 heterocycles. The average molecular weight is 301 g/mol. The minimum atomic E-state index is -5.16. The summed E-state index contributed by atoms with van der Waals surface area (Å²) in [7, 11) is 0.988. The van der Waals surface area contributed by atoms with Gasteiger partial charge < -0.3 is 9.47 Å². The summed E-state index contributed by atoms with van der Waals surface area (Å²) >= 11 is 5.02. The normalized spacial score (nSPS) is 11.0. The molecular formula is C8H4ClF3N2O5. The zero-order chi connectivity index (χ0) is 14.8. The summed E-state index contributed by atoms with van der Waals surface area (Å²) in [6.07, 6.45) is -5.16. The molecule has 1 aromatic heterocycles. The molecule has 0 amide bonds. The average Bonchev–Trinajstić information content (AvgIpc) is 2.25. The van der Waals surface area contributed by atoms with Gasteiger partial charge in [0.1, 0.15) is 0 Å². The second-order valence-electron chi connectivity index (χ2n) is 2.94. The number of hydrogen-bond acceptors (Lipinski definition) is 6. The van der Waals surface area contributed by atoms with Crippen molar-refractivity contribution < 1.29 is 32.4 Å². The Labute approximate surface area is 108 Å². The van der Waals surface area contributed by atoms with E-state index in [1.165, 1.54) is 0 Å². The van der Waals surface area contributed by atoms with E-state index < -0.39 is 39.5 Å². The van der Waals surface area contributed by atoms with Gasteiger partial charge in [-0.2, -0.15) is 4.98 Å². The lowest BCUT2D eigenvalue weighted by molar-refractivity contribution is -0.386. The van der Waals surface area contributed by atoms with Crippen LogP contribution in [0.3, 0.4) is 0 Å². The molecule has 0 saturated carbocycles. The van der Waals surface area contributed by atoms with Crippen molar-refractivity contribution in [2.45, 2.75) is 6.36 Å². The van der Waals surface area contributed by atoms with Crippen LogP contribution in [0.5, 0.6) is 11.6 Å². The molecule has 0 aliphatic heterocycles. The number of hydrogen-bond donors (Lipinski definition) is 0. The molecule has 19 heavy (non-hydrogen) atoms. The second-order valence-corrected chi connectivity index (χ2v) is 3.29. The maximum Gasteiger partial charge on any atom is 0.573 e. The molecule has 7 nitrogen and oxygen atoms in total. The van der Waals surface area contributed by atoms with E-state index in [2.05, 4.69) is 14.5 Å². The van der Waals surface area contributed by atoms with Crippen molar-refractivity contribution in [3.63, 3.8) is 0 Å². The maximum absolute atomic E-state index is 12.1. The topological polar surface area (TPSA) is 91.6 Å². The third-order valence-electron chi connectivity index (χ3n) is 1.74. The van der Waals surface area contributed by atoms with Crippen LogP contribution >= 0.6 is 11.6 Å². The summed E-state index contributed by atoms with van der Waals surface area (Å²) in [6.45, 7) is 0. The van der Waals surface area contributed by atoms with Gasteiger partial charge in [0.05, 0.1) is 18.1 Å². The van der Waals surface area contributed by atoms with Crippen molar-refractivity contribution in [3.05, 3.63) is 21.9 Å².